The maximum Gasteiger partial charge on any atom is 0.134 e. The number of aliphatic hydroxyl groups is 1. The van der Waals surface area contributed by atoms with Crippen molar-refractivity contribution in [3.05, 3.63) is 114 Å². The molecule has 0 unspecified atom stereocenters. The van der Waals surface area contributed by atoms with Gasteiger partial charge in [-0.25, -0.2) is 8.78 Å². The molecule has 0 atom stereocenters. The Morgan fingerprint density at radius 2 is 1.14 bits per heavy atom. The Hall–Kier alpha value is -3.60. The first-order valence-electron chi connectivity index (χ1n) is 22.2. The largest absolute Gasteiger partial charge is 0.508 e. The van der Waals surface area contributed by atoms with E-state index in [1.54, 1.807) is 37.3 Å². The van der Waals surface area contributed by atoms with Crippen LogP contribution in [0, 0.1) is 47.1 Å². The van der Waals surface area contributed by atoms with Crippen LogP contribution in [0.1, 0.15) is 141 Å². The molecule has 2 aromatic carbocycles. The van der Waals surface area contributed by atoms with Gasteiger partial charge in [-0.2, -0.15) is 0 Å². The number of hydrogen-bond donors (Lipinski definition) is 1. The monoisotopic (exact) mass is 769 g/mol. The predicted octanol–water partition coefficient (Wildman–Crippen LogP) is 14.9. The van der Waals surface area contributed by atoms with E-state index < -0.39 is 0 Å². The summed E-state index contributed by atoms with van der Waals surface area (Å²) in [5.74, 6) is 5.90. The molecule has 2 aromatic rings. The highest BCUT2D eigenvalue weighted by Crippen LogP contribution is 2.41. The zero-order valence-corrected chi connectivity index (χ0v) is 34.5. The number of halogens is 2. The van der Waals surface area contributed by atoms with Gasteiger partial charge in [0.2, 0.25) is 0 Å². The molecule has 4 aliphatic rings. The Balaban J connectivity index is 0.000000215. The zero-order chi connectivity index (χ0) is 39.5. The highest BCUT2D eigenvalue weighted by atomic mass is 19.1. The summed E-state index contributed by atoms with van der Waals surface area (Å²) in [4.78, 5) is 0. The summed E-state index contributed by atoms with van der Waals surface area (Å²) < 4.78 is 40.6. The lowest BCUT2D eigenvalue weighted by atomic mass is 9.71. The SMILES string of the molecule is C/C=C\C=C/Cc1ccc(OCC2CCC(C3CCCCC3)CC2)cc1F.C=C(/C=C\C(O)=C/C)c1ccc(OCC2CCC(C3CCCCC3)CC2)cc1F. The number of benzene rings is 2. The Kier molecular flexibility index (Phi) is 18.3. The topological polar surface area (TPSA) is 38.7 Å². The molecule has 4 aliphatic carbocycles. The molecule has 3 nitrogen and oxygen atoms in total. The van der Waals surface area contributed by atoms with Gasteiger partial charge >= 0.3 is 0 Å². The number of aliphatic hydroxyl groups excluding tert-OH is 1. The van der Waals surface area contributed by atoms with E-state index in [0.717, 1.165) is 35.8 Å². The molecule has 56 heavy (non-hydrogen) atoms. The first kappa shape index (κ1) is 43.5. The normalized spacial score (nSPS) is 24.3. The van der Waals surface area contributed by atoms with Crippen molar-refractivity contribution in [3.8, 4) is 11.5 Å². The van der Waals surface area contributed by atoms with E-state index >= 15 is 0 Å². The molecule has 0 aromatic heterocycles. The Labute approximate surface area is 338 Å². The summed E-state index contributed by atoms with van der Waals surface area (Å²) in [6.07, 6.45) is 38.0. The third kappa shape index (κ3) is 14.1. The van der Waals surface area contributed by atoms with Gasteiger partial charge in [0.05, 0.1) is 13.2 Å². The van der Waals surface area contributed by atoms with E-state index in [0.29, 0.717) is 47.5 Å². The van der Waals surface area contributed by atoms with E-state index in [1.807, 2.05) is 43.4 Å². The van der Waals surface area contributed by atoms with Gasteiger partial charge in [0.25, 0.3) is 0 Å². The van der Waals surface area contributed by atoms with Crippen molar-refractivity contribution in [2.24, 2.45) is 35.5 Å². The van der Waals surface area contributed by atoms with E-state index in [-0.39, 0.29) is 17.4 Å². The van der Waals surface area contributed by atoms with Gasteiger partial charge in [-0.15, -0.1) is 0 Å². The molecule has 0 saturated heterocycles. The second-order valence-corrected chi connectivity index (χ2v) is 17.1. The lowest BCUT2D eigenvalue weighted by molar-refractivity contribution is 0.135. The van der Waals surface area contributed by atoms with Crippen molar-refractivity contribution in [3.63, 3.8) is 0 Å². The second kappa shape index (κ2) is 23.6. The van der Waals surface area contributed by atoms with Gasteiger partial charge in [-0.05, 0) is 149 Å². The third-order valence-corrected chi connectivity index (χ3v) is 13.2. The summed E-state index contributed by atoms with van der Waals surface area (Å²) in [7, 11) is 0. The fraction of sp³-hybridized carbons (Fsp3) is 0.569. The van der Waals surface area contributed by atoms with Gasteiger partial charge in [0.1, 0.15) is 28.9 Å². The van der Waals surface area contributed by atoms with E-state index in [1.165, 1.54) is 128 Å². The molecule has 0 bridgehead atoms. The van der Waals surface area contributed by atoms with Crippen molar-refractivity contribution < 1.29 is 23.4 Å². The molecule has 0 aliphatic heterocycles. The third-order valence-electron chi connectivity index (χ3n) is 13.2. The lowest BCUT2D eigenvalue weighted by Crippen LogP contribution is -2.26. The van der Waals surface area contributed by atoms with E-state index in [2.05, 4.69) is 6.58 Å². The molecule has 1 N–H and O–H groups in total. The van der Waals surface area contributed by atoms with Crippen LogP contribution in [0.2, 0.25) is 0 Å². The quantitative estimate of drug-likeness (QED) is 0.154. The van der Waals surface area contributed by atoms with Crippen LogP contribution in [0.5, 0.6) is 11.5 Å². The van der Waals surface area contributed by atoms with Gasteiger partial charge < -0.3 is 14.6 Å². The van der Waals surface area contributed by atoms with Gasteiger partial charge in [0, 0.05) is 17.7 Å². The summed E-state index contributed by atoms with van der Waals surface area (Å²) in [6, 6.07) is 10.3. The molecule has 0 amide bonds. The number of allylic oxidation sites excluding steroid dienone is 8. The maximum atomic E-state index is 14.5. The van der Waals surface area contributed by atoms with Crippen molar-refractivity contribution in [1.29, 1.82) is 0 Å². The molecule has 5 heteroatoms. The predicted molar refractivity (Wildman–Crippen MR) is 230 cm³/mol. The first-order valence-corrected chi connectivity index (χ1v) is 22.2. The van der Waals surface area contributed by atoms with Crippen molar-refractivity contribution in [1.82, 2.24) is 0 Å². The summed E-state index contributed by atoms with van der Waals surface area (Å²) in [5.41, 5.74) is 1.66. The molecular formula is C51H70F2O3. The van der Waals surface area contributed by atoms with Gasteiger partial charge in [-0.1, -0.05) is 107 Å². The second-order valence-electron chi connectivity index (χ2n) is 17.1. The minimum absolute atomic E-state index is 0.129. The van der Waals surface area contributed by atoms with Gasteiger partial charge in [0.15, 0.2) is 0 Å². The average molecular weight is 769 g/mol. The van der Waals surface area contributed by atoms with Gasteiger partial charge in [-0.3, -0.25) is 0 Å². The van der Waals surface area contributed by atoms with Crippen molar-refractivity contribution >= 4 is 5.57 Å². The lowest BCUT2D eigenvalue weighted by Gasteiger charge is -2.35. The molecular weight excluding hydrogens is 699 g/mol. The van der Waals surface area contributed by atoms with Crippen molar-refractivity contribution in [2.75, 3.05) is 13.2 Å². The van der Waals surface area contributed by atoms with Crippen LogP contribution < -0.4 is 9.47 Å². The number of ether oxygens (including phenoxy) is 2. The molecule has 0 radical (unpaired) electrons. The standard InChI is InChI=1S/C26H35FO2.C25H35FO/c1-3-23(28)14-9-19(2)25-16-15-24(17-26(25)27)29-18-20-10-12-22(13-11-20)21-7-5-4-6-8-21;1-2-3-4-6-11-23-16-17-24(18-25(23)26)27-19-20-12-14-22(15-13-20)21-9-7-5-8-10-21/h3,9,14-17,20-22,28H,2,4-8,10-13,18H2,1H3;2-4,6,16-18,20-22H,5,7-15,19H2,1H3/b14-9-,23-3+;3-2-,6-4-. The molecule has 0 spiro atoms. The van der Waals surface area contributed by atoms with Crippen LogP contribution in [0.3, 0.4) is 0 Å². The molecule has 4 saturated carbocycles. The zero-order valence-electron chi connectivity index (χ0n) is 34.5. The minimum atomic E-state index is -0.349. The minimum Gasteiger partial charge on any atom is -0.508 e. The fourth-order valence-electron chi connectivity index (χ4n) is 9.68. The summed E-state index contributed by atoms with van der Waals surface area (Å²) >= 11 is 0. The summed E-state index contributed by atoms with van der Waals surface area (Å²) in [6.45, 7) is 8.99. The van der Waals surface area contributed by atoms with Crippen LogP contribution in [0.4, 0.5) is 8.78 Å². The number of hydrogen-bond acceptors (Lipinski definition) is 3. The van der Waals surface area contributed by atoms with Crippen LogP contribution >= 0.6 is 0 Å². The molecule has 6 rings (SSSR count). The molecule has 4 fully saturated rings. The highest BCUT2D eigenvalue weighted by molar-refractivity contribution is 5.73. The maximum absolute atomic E-state index is 14.5. The van der Waals surface area contributed by atoms with Crippen LogP contribution in [0.15, 0.2) is 91.3 Å². The van der Waals surface area contributed by atoms with Crippen LogP contribution in [-0.4, -0.2) is 18.3 Å². The van der Waals surface area contributed by atoms with Crippen LogP contribution in [-0.2, 0) is 6.42 Å². The number of rotatable bonds is 14. The average Bonchev–Trinajstić information content (AvgIpc) is 3.24. The van der Waals surface area contributed by atoms with Crippen molar-refractivity contribution in [2.45, 2.75) is 136 Å². The fourth-order valence-corrected chi connectivity index (χ4v) is 9.68. The van der Waals surface area contributed by atoms with E-state index in [4.69, 9.17) is 9.47 Å². The Morgan fingerprint density at radius 1 is 0.643 bits per heavy atom. The molecule has 306 valence electrons. The Morgan fingerprint density at radius 3 is 1.62 bits per heavy atom. The highest BCUT2D eigenvalue weighted by Gasteiger charge is 2.30. The van der Waals surface area contributed by atoms with Crippen LogP contribution in [0.25, 0.3) is 5.57 Å². The summed E-state index contributed by atoms with van der Waals surface area (Å²) in [5, 5.41) is 9.47. The van der Waals surface area contributed by atoms with E-state index in [9.17, 15) is 13.9 Å². The Bertz CT molecular complexity index is 1590. The first-order chi connectivity index (χ1) is 27.3. The smallest absolute Gasteiger partial charge is 0.134 e. The molecule has 0 heterocycles.